The first-order chi connectivity index (χ1) is 27.2. The first-order valence-corrected chi connectivity index (χ1v) is 20.8. The van der Waals surface area contributed by atoms with Crippen molar-refractivity contribution in [2.45, 2.75) is 107 Å². The number of nitrogens with one attached hydrogen (secondary N) is 2. The molecule has 4 heterocycles. The van der Waals surface area contributed by atoms with Crippen LogP contribution in [0.25, 0.3) is 10.9 Å². The zero-order valence-electron chi connectivity index (χ0n) is 33.6. The lowest BCUT2D eigenvalue weighted by Crippen LogP contribution is -2.58. The van der Waals surface area contributed by atoms with Crippen molar-refractivity contribution in [3.63, 3.8) is 0 Å². The van der Waals surface area contributed by atoms with Gasteiger partial charge in [-0.3, -0.25) is 48.8 Å². The Labute approximate surface area is 356 Å². The topological polar surface area (TPSA) is 156 Å². The van der Waals surface area contributed by atoms with E-state index in [2.05, 4.69) is 50.3 Å². The van der Waals surface area contributed by atoms with Gasteiger partial charge in [-0.05, 0) is 84.1 Å². The molecule has 3 saturated heterocycles. The maximum atomic E-state index is 13.7. The molecule has 2 aromatic carbocycles. The number of aromatic nitrogens is 2. The number of carbonyl (C=O) groups excluding carboxylic acids is 4. The summed E-state index contributed by atoms with van der Waals surface area (Å²) >= 11 is 11.3. The SMILES string of the molecule is C[C@@H]1CN(CCOC2CCC(N3C(S)N(c4ccc(C#N)c(Cl)c4)C(=O)C3(C)C)CC2)C[C@H](C)N1CC(=O)Nc1cccc2c(C3CCC(=O)NC3=O)nn(C)c12.Cl. The maximum absolute atomic E-state index is 13.7. The van der Waals surface area contributed by atoms with E-state index in [-0.39, 0.29) is 73.2 Å². The molecule has 1 saturated carbocycles. The molecule has 4 fully saturated rings. The van der Waals surface area contributed by atoms with Gasteiger partial charge < -0.3 is 10.1 Å². The molecule has 3 aromatic rings. The fourth-order valence-corrected chi connectivity index (χ4v) is 10.3. The van der Waals surface area contributed by atoms with Crippen LogP contribution in [0.1, 0.15) is 83.4 Å². The standard InChI is InChI=1S/C41H52ClN9O5S.ClH/c1-24-21-48(17-18-56-29-13-11-27(12-14-29)51-40(57)50(39(55)41(51,3)4)28-10-9-26(20-43)32(42)19-28)22-25(2)49(24)23-35(53)44-33-8-6-7-30-36(46-47(5)37(30)33)31-15-16-34(52)45-38(31)54;/h6-10,19,24-25,27,29,31,40,57H,11-18,21-23H2,1-5H3,(H,44,53)(H,45,52,54);1H/t24-,25+,27?,29?,31?,40?;. The van der Waals surface area contributed by atoms with Crippen molar-refractivity contribution in [1.29, 1.82) is 5.26 Å². The number of thiol groups is 1. The van der Waals surface area contributed by atoms with Gasteiger partial charge in [-0.2, -0.15) is 10.4 Å². The number of halogens is 2. The molecule has 4 amide bonds. The number of imide groups is 1. The number of rotatable bonds is 10. The van der Waals surface area contributed by atoms with Gasteiger partial charge in [0.1, 0.15) is 11.6 Å². The number of benzene rings is 2. The highest BCUT2D eigenvalue weighted by Gasteiger charge is 2.54. The van der Waals surface area contributed by atoms with E-state index < -0.39 is 17.0 Å². The van der Waals surface area contributed by atoms with Crippen LogP contribution in [0.15, 0.2) is 36.4 Å². The van der Waals surface area contributed by atoms with E-state index in [4.69, 9.17) is 29.0 Å². The Morgan fingerprint density at radius 2 is 1.79 bits per heavy atom. The highest BCUT2D eigenvalue weighted by molar-refractivity contribution is 7.81. The van der Waals surface area contributed by atoms with Crippen molar-refractivity contribution in [1.82, 2.24) is 29.8 Å². The van der Waals surface area contributed by atoms with Gasteiger partial charge in [-0.25, -0.2) is 0 Å². The predicted octanol–water partition coefficient (Wildman–Crippen LogP) is 5.04. The average Bonchev–Trinajstić information content (AvgIpc) is 3.58. The molecule has 0 spiro atoms. The second-order valence-electron chi connectivity index (χ2n) is 16.5. The second kappa shape index (κ2) is 17.8. The summed E-state index contributed by atoms with van der Waals surface area (Å²) < 4.78 is 8.12. The van der Waals surface area contributed by atoms with Crippen LogP contribution in [0.3, 0.4) is 0 Å². The Bertz CT molecular complexity index is 2090. The number of amides is 4. The number of piperazine rings is 1. The Balaban J connectivity index is 0.00000567. The van der Waals surface area contributed by atoms with Crippen LogP contribution in [0.5, 0.6) is 0 Å². The van der Waals surface area contributed by atoms with Gasteiger partial charge in [0.05, 0.1) is 58.2 Å². The van der Waals surface area contributed by atoms with Gasteiger partial charge in [-0.15, -0.1) is 25.0 Å². The third-order valence-corrected chi connectivity index (χ3v) is 13.0. The van der Waals surface area contributed by atoms with Crippen molar-refractivity contribution < 1.29 is 23.9 Å². The van der Waals surface area contributed by atoms with Crippen LogP contribution in [-0.2, 0) is 31.0 Å². The number of para-hydroxylation sites is 1. The third kappa shape index (κ3) is 8.61. The van der Waals surface area contributed by atoms with Gasteiger partial charge in [0.15, 0.2) is 0 Å². The zero-order chi connectivity index (χ0) is 40.8. The zero-order valence-corrected chi connectivity index (χ0v) is 36.1. The monoisotopic (exact) mass is 853 g/mol. The molecule has 312 valence electrons. The van der Waals surface area contributed by atoms with E-state index >= 15 is 0 Å². The molecule has 0 radical (unpaired) electrons. The number of aryl methyl sites for hydroxylation is 1. The van der Waals surface area contributed by atoms with Gasteiger partial charge in [0, 0.05) is 62.3 Å². The molecule has 4 aliphatic rings. The Kier molecular flexibility index (Phi) is 13.5. The number of ether oxygens (including phenoxy) is 1. The van der Waals surface area contributed by atoms with Crippen LogP contribution in [-0.4, -0.2) is 116 Å². The summed E-state index contributed by atoms with van der Waals surface area (Å²) in [7, 11) is 1.80. The van der Waals surface area contributed by atoms with Crippen molar-refractivity contribution >= 4 is 82.5 Å². The number of piperidine rings is 1. The van der Waals surface area contributed by atoms with Crippen molar-refractivity contribution in [3.05, 3.63) is 52.7 Å². The smallest absolute Gasteiger partial charge is 0.249 e. The summed E-state index contributed by atoms with van der Waals surface area (Å²) in [5.74, 6) is -1.29. The molecule has 58 heavy (non-hydrogen) atoms. The minimum absolute atomic E-state index is 0. The van der Waals surface area contributed by atoms with E-state index in [9.17, 15) is 24.4 Å². The molecular formula is C41H53Cl2N9O5S. The maximum Gasteiger partial charge on any atom is 0.249 e. The van der Waals surface area contributed by atoms with Gasteiger partial charge >= 0.3 is 0 Å². The van der Waals surface area contributed by atoms with Crippen molar-refractivity contribution in [2.75, 3.05) is 43.0 Å². The van der Waals surface area contributed by atoms with Crippen LogP contribution in [0, 0.1) is 11.3 Å². The first-order valence-electron chi connectivity index (χ1n) is 19.9. The van der Waals surface area contributed by atoms with E-state index in [0.717, 1.165) is 56.2 Å². The molecule has 14 nitrogen and oxygen atoms in total. The summed E-state index contributed by atoms with van der Waals surface area (Å²) in [5.41, 5.74) is 1.77. The quantitative estimate of drug-likeness (QED) is 0.187. The minimum Gasteiger partial charge on any atom is -0.377 e. The van der Waals surface area contributed by atoms with Gasteiger partial charge in [0.25, 0.3) is 0 Å². The molecule has 2 N–H and O–H groups in total. The summed E-state index contributed by atoms with van der Waals surface area (Å²) in [4.78, 5) is 60.0. The molecule has 2 unspecified atom stereocenters. The molecule has 3 aliphatic heterocycles. The average molecular weight is 855 g/mol. The second-order valence-corrected chi connectivity index (χ2v) is 17.3. The normalized spacial score (nSPS) is 27.0. The Hall–Kier alpha value is -3.75. The Morgan fingerprint density at radius 1 is 1.09 bits per heavy atom. The fraction of sp³-hybridized carbons (Fsp3) is 0.561. The lowest BCUT2D eigenvalue weighted by atomic mass is 9.89. The Morgan fingerprint density at radius 3 is 2.45 bits per heavy atom. The summed E-state index contributed by atoms with van der Waals surface area (Å²) in [6.07, 6.45) is 4.41. The van der Waals surface area contributed by atoms with E-state index in [1.807, 2.05) is 32.0 Å². The molecular weight excluding hydrogens is 801 g/mol. The highest BCUT2D eigenvalue weighted by atomic mass is 35.5. The van der Waals surface area contributed by atoms with Crippen LogP contribution >= 0.6 is 36.6 Å². The molecule has 17 heteroatoms. The van der Waals surface area contributed by atoms with Crippen molar-refractivity contribution in [2.24, 2.45) is 7.05 Å². The first kappa shape index (κ1) is 43.8. The molecule has 1 aliphatic carbocycles. The van der Waals surface area contributed by atoms with Crippen LogP contribution < -0.4 is 15.5 Å². The van der Waals surface area contributed by atoms with Gasteiger partial charge in [-0.1, -0.05) is 23.7 Å². The van der Waals surface area contributed by atoms with Crippen LogP contribution in [0.4, 0.5) is 11.4 Å². The fourth-order valence-electron chi connectivity index (χ4n) is 9.39. The summed E-state index contributed by atoms with van der Waals surface area (Å²) in [5, 5.41) is 20.6. The predicted molar refractivity (Wildman–Crippen MR) is 228 cm³/mol. The van der Waals surface area contributed by atoms with E-state index in [1.54, 1.807) is 34.8 Å². The highest BCUT2D eigenvalue weighted by Crippen LogP contribution is 2.42. The third-order valence-electron chi connectivity index (χ3n) is 12.3. The molecule has 4 atom stereocenters. The minimum atomic E-state index is -0.752. The number of anilines is 2. The molecule has 7 rings (SSSR count). The molecule has 1 aromatic heterocycles. The molecule has 0 bridgehead atoms. The lowest BCUT2D eigenvalue weighted by molar-refractivity contribution is -0.134. The number of hydrogen-bond donors (Lipinski definition) is 3. The number of carbonyl (C=O) groups is 4. The summed E-state index contributed by atoms with van der Waals surface area (Å²) in [6.45, 7) is 11.5. The largest absolute Gasteiger partial charge is 0.377 e. The number of nitriles is 1. The summed E-state index contributed by atoms with van der Waals surface area (Å²) in [6, 6.07) is 13.2. The van der Waals surface area contributed by atoms with Gasteiger partial charge in [0.2, 0.25) is 23.6 Å². The van der Waals surface area contributed by atoms with E-state index in [0.29, 0.717) is 40.7 Å². The van der Waals surface area contributed by atoms with E-state index in [1.165, 1.54) is 0 Å². The van der Waals surface area contributed by atoms with Crippen molar-refractivity contribution in [3.8, 4) is 6.07 Å². The number of fused-ring (bicyclic) bond motifs is 1. The van der Waals surface area contributed by atoms with Crippen LogP contribution in [0.2, 0.25) is 5.02 Å². The lowest BCUT2D eigenvalue weighted by Gasteiger charge is -2.44. The number of hydrogen-bond acceptors (Lipinski definition) is 11. The number of nitrogens with zero attached hydrogens (tertiary/aromatic N) is 7.